The van der Waals surface area contributed by atoms with Crippen molar-refractivity contribution in [2.45, 2.75) is 107 Å². The molecule has 0 bridgehead atoms. The van der Waals surface area contributed by atoms with Crippen molar-refractivity contribution in [2.24, 2.45) is 0 Å². The average molecular weight is 886 g/mol. The molecule has 27 heteroatoms. The van der Waals surface area contributed by atoms with Gasteiger partial charge in [0.25, 0.3) is 0 Å². The van der Waals surface area contributed by atoms with E-state index >= 15 is 0 Å². The summed E-state index contributed by atoms with van der Waals surface area (Å²) in [6, 6.07) is 0.325. The van der Waals surface area contributed by atoms with Crippen LogP contribution in [0, 0.1) is 0 Å². The second-order valence-corrected chi connectivity index (χ2v) is 19.4. The Kier molecular flexibility index (Phi) is 16.7. The van der Waals surface area contributed by atoms with E-state index in [1.165, 1.54) is 11.0 Å². The number of anilines is 1. The molecule has 0 aromatic carbocycles. The number of urea groups is 1. The van der Waals surface area contributed by atoms with Crippen molar-refractivity contribution < 1.29 is 65.5 Å². The summed E-state index contributed by atoms with van der Waals surface area (Å²) < 4.78 is 53.8. The van der Waals surface area contributed by atoms with Crippen molar-refractivity contribution >= 4 is 69.9 Å². The van der Waals surface area contributed by atoms with E-state index in [9.17, 15) is 37.9 Å². The van der Waals surface area contributed by atoms with Gasteiger partial charge in [0.15, 0.2) is 11.9 Å². The Morgan fingerprint density at radius 2 is 1.60 bits per heavy atom. The summed E-state index contributed by atoms with van der Waals surface area (Å²) in [7, 11) is -16.4. The molecule has 0 radical (unpaired) electrons. The maximum atomic E-state index is 12.3. The minimum atomic E-state index is -5.62. The van der Waals surface area contributed by atoms with Crippen molar-refractivity contribution in [1.29, 1.82) is 0 Å². The number of carbonyl (C=O) groups excluding carboxylic acids is 3. The quantitative estimate of drug-likeness (QED) is 0.0393. The zero-order valence-corrected chi connectivity index (χ0v) is 34.5. The molecule has 57 heavy (non-hydrogen) atoms. The number of thioether (sulfide) groups is 1. The third kappa shape index (κ3) is 14.8. The molecule has 3 unspecified atom stereocenters. The monoisotopic (exact) mass is 885 g/mol. The molecule has 7 atom stereocenters. The lowest BCUT2D eigenvalue weighted by Crippen LogP contribution is -2.36. The Bertz CT molecular complexity index is 1840. The lowest BCUT2D eigenvalue weighted by molar-refractivity contribution is -0.122. The number of ether oxygens (including phenoxy) is 1. The van der Waals surface area contributed by atoms with Crippen LogP contribution >= 0.6 is 35.2 Å². The number of nitrogens with zero attached hydrogens (tertiary/aromatic N) is 4. The third-order valence-corrected chi connectivity index (χ3v) is 14.6. The summed E-state index contributed by atoms with van der Waals surface area (Å²) in [5.41, 5.74) is 0.462. The molecule has 23 nitrogen and oxygen atoms in total. The van der Waals surface area contributed by atoms with Gasteiger partial charge in [0, 0.05) is 43.5 Å². The van der Waals surface area contributed by atoms with Crippen LogP contribution in [0.25, 0.3) is 11.0 Å². The minimum Gasteiger partial charge on any atom is -0.369 e. The molecule has 3 fully saturated rings. The van der Waals surface area contributed by atoms with E-state index in [1.54, 1.807) is 6.20 Å². The van der Waals surface area contributed by atoms with Gasteiger partial charge in [-0.05, 0) is 51.4 Å². The van der Waals surface area contributed by atoms with Crippen LogP contribution in [-0.4, -0.2) is 113 Å². The number of nitrogens with one attached hydrogen (secondary N) is 5. The van der Waals surface area contributed by atoms with Crippen LogP contribution in [0.1, 0.15) is 83.3 Å². The topological polar surface area (TPSA) is 324 Å². The molecular formula is C30H50N9O14P3S. The number of fused-ring (bicyclic) bond motifs is 2. The van der Waals surface area contributed by atoms with E-state index in [4.69, 9.17) is 14.5 Å². The highest BCUT2D eigenvalue weighted by Gasteiger charge is 2.43. The molecule has 5 rings (SSSR count). The van der Waals surface area contributed by atoms with Crippen LogP contribution in [0.5, 0.6) is 0 Å². The third-order valence-electron chi connectivity index (χ3n) is 9.29. The minimum absolute atomic E-state index is 0.0120. The van der Waals surface area contributed by atoms with Gasteiger partial charge in [-0.1, -0.05) is 12.8 Å². The number of carbonyl (C=O) groups is 3. The van der Waals surface area contributed by atoms with E-state index < -0.39 is 42.4 Å². The Labute approximate surface area is 332 Å². The van der Waals surface area contributed by atoms with E-state index in [1.807, 2.05) is 11.8 Å². The smallest absolute Gasteiger partial charge is 0.369 e. The summed E-state index contributed by atoms with van der Waals surface area (Å²) in [6.45, 7) is 1.13. The number of amides is 4. The fourth-order valence-electron chi connectivity index (χ4n) is 6.63. The summed E-state index contributed by atoms with van der Waals surface area (Å²) in [6.07, 6.45) is 9.81. The second kappa shape index (κ2) is 21.0. The van der Waals surface area contributed by atoms with E-state index in [0.717, 1.165) is 57.1 Å². The number of hydrogen-bond acceptors (Lipinski definition) is 15. The molecular weight excluding hydrogens is 835 g/mol. The van der Waals surface area contributed by atoms with Crippen LogP contribution in [0.15, 0.2) is 12.5 Å². The average Bonchev–Trinajstić information content (AvgIpc) is 3.92. The SMILES string of the molecule is O=C(CCCCCNC(=O)CCCCC1SC[C@@H]2NC(=O)N[C@H]12)NCCCCNc1ncnc2c1cnn2[C@H]1CC[C@@H](COP(=O)(O)OP(=O)(O)OP(=O)(O)O)O1. The highest BCUT2D eigenvalue weighted by molar-refractivity contribution is 8.00. The first-order valence-electron chi connectivity index (χ1n) is 18.7. The van der Waals surface area contributed by atoms with Gasteiger partial charge in [-0.25, -0.2) is 33.1 Å². The van der Waals surface area contributed by atoms with Crippen LogP contribution in [0.2, 0.25) is 0 Å². The van der Waals surface area contributed by atoms with Gasteiger partial charge in [-0.2, -0.15) is 25.5 Å². The predicted octanol–water partition coefficient (Wildman–Crippen LogP) is 2.56. The van der Waals surface area contributed by atoms with Crippen molar-refractivity contribution in [3.05, 3.63) is 12.5 Å². The predicted molar refractivity (Wildman–Crippen MR) is 204 cm³/mol. The molecule has 0 spiro atoms. The Morgan fingerprint density at radius 1 is 0.895 bits per heavy atom. The van der Waals surface area contributed by atoms with Crippen molar-refractivity contribution in [2.75, 3.05) is 37.3 Å². The summed E-state index contributed by atoms with van der Waals surface area (Å²) in [5.74, 6) is 1.51. The lowest BCUT2D eigenvalue weighted by Gasteiger charge is -2.18. The summed E-state index contributed by atoms with van der Waals surface area (Å²) in [4.78, 5) is 80.9. The van der Waals surface area contributed by atoms with Gasteiger partial charge < -0.3 is 50.9 Å². The van der Waals surface area contributed by atoms with Crippen LogP contribution in [0.3, 0.4) is 0 Å². The lowest BCUT2D eigenvalue weighted by atomic mass is 10.0. The Hall–Kier alpha value is -2.72. The molecule has 3 aliphatic heterocycles. The number of phosphoric ester groups is 1. The van der Waals surface area contributed by atoms with Crippen molar-refractivity contribution in [3.63, 3.8) is 0 Å². The van der Waals surface area contributed by atoms with Crippen molar-refractivity contribution in [1.82, 2.24) is 41.0 Å². The van der Waals surface area contributed by atoms with E-state index in [-0.39, 0.29) is 29.9 Å². The van der Waals surface area contributed by atoms with Gasteiger partial charge in [0.1, 0.15) is 12.1 Å². The van der Waals surface area contributed by atoms with Crippen molar-refractivity contribution in [3.8, 4) is 0 Å². The number of phosphoric acid groups is 3. The second-order valence-electron chi connectivity index (χ2n) is 13.7. The summed E-state index contributed by atoms with van der Waals surface area (Å²) >= 11 is 1.88. The zero-order chi connectivity index (χ0) is 41.1. The fraction of sp³-hybridized carbons (Fsp3) is 0.733. The first-order chi connectivity index (χ1) is 27.1. The molecule has 9 N–H and O–H groups in total. The molecule has 2 aromatic rings. The van der Waals surface area contributed by atoms with Gasteiger partial charge in [-0.15, -0.1) is 0 Å². The summed E-state index contributed by atoms with van der Waals surface area (Å²) in [5, 5.41) is 20.5. The molecule has 2 aromatic heterocycles. The molecule has 0 aliphatic carbocycles. The molecule has 3 saturated heterocycles. The molecule has 320 valence electrons. The number of hydrogen-bond donors (Lipinski definition) is 9. The highest BCUT2D eigenvalue weighted by Crippen LogP contribution is 2.66. The normalized spacial score (nSPS) is 24.0. The van der Waals surface area contributed by atoms with E-state index in [0.29, 0.717) is 67.4 Å². The van der Waals surface area contributed by atoms with Crippen LogP contribution < -0.4 is 26.6 Å². The fourth-order valence-corrected chi connectivity index (χ4v) is 11.2. The highest BCUT2D eigenvalue weighted by atomic mass is 32.2. The van der Waals surface area contributed by atoms with Gasteiger partial charge in [0.2, 0.25) is 11.8 Å². The molecule has 4 amide bonds. The molecule has 3 aliphatic rings. The van der Waals surface area contributed by atoms with Crippen LogP contribution in [-0.2, 0) is 41.2 Å². The zero-order valence-electron chi connectivity index (χ0n) is 31.0. The Balaban J connectivity index is 0.883. The Morgan fingerprint density at radius 3 is 2.33 bits per heavy atom. The van der Waals surface area contributed by atoms with Crippen LogP contribution in [0.4, 0.5) is 10.6 Å². The number of rotatable bonds is 25. The maximum absolute atomic E-state index is 12.3. The standard InChI is InChI=1S/C30H50N9O14P3S/c40-24(9-2-1-5-13-31-25(41)10-4-3-8-23-27-22(18-57-23)37-30(42)38-27)32-14-6-7-15-33-28-21-16-36-39(29(21)35-19-34-28)26-12-11-20(51-26)17-50-55(46,47)53-56(48,49)52-54(43,44)45/h16,19-20,22-23,26-27H,1-15,17-18H2,(H,31,41)(H,32,40)(H,46,47)(H,48,49)(H,33,34,35)(H2,37,38,42)(H2,43,44,45)/t20-,22-,23?,26+,27-/m0/s1. The maximum Gasteiger partial charge on any atom is 0.490 e. The number of aromatic nitrogens is 4. The van der Waals surface area contributed by atoms with Gasteiger partial charge in [0.05, 0.1) is 36.4 Å². The first kappa shape index (κ1) is 45.4. The number of unbranched alkanes of at least 4 members (excludes halogenated alkanes) is 4. The molecule has 0 saturated carbocycles. The van der Waals surface area contributed by atoms with E-state index in [2.05, 4.69) is 54.8 Å². The largest absolute Gasteiger partial charge is 0.490 e. The first-order valence-corrected chi connectivity index (χ1v) is 24.2. The van der Waals surface area contributed by atoms with Gasteiger partial charge >= 0.3 is 29.5 Å². The van der Waals surface area contributed by atoms with Gasteiger partial charge in [-0.3, -0.25) is 14.1 Å². The molecule has 5 heterocycles.